The largest absolute Gasteiger partial charge is 0.439 e. The molecule has 0 saturated carbocycles. The molecule has 1 aromatic carbocycles. The molecule has 0 spiro atoms. The molecule has 4 aromatic rings. The van der Waals surface area contributed by atoms with E-state index in [0.29, 0.717) is 29.9 Å². The van der Waals surface area contributed by atoms with Gasteiger partial charge in [-0.25, -0.2) is 14.8 Å². The number of carbonyl (C=O) groups is 1. The summed E-state index contributed by atoms with van der Waals surface area (Å²) in [5, 5.41) is 11.2. The quantitative estimate of drug-likeness (QED) is 0.492. The highest BCUT2D eigenvalue weighted by Crippen LogP contribution is 2.26. The second-order valence-corrected chi connectivity index (χ2v) is 7.55. The number of ether oxygens (including phenoxy) is 1. The third-order valence-corrected chi connectivity index (χ3v) is 4.90. The van der Waals surface area contributed by atoms with Gasteiger partial charge in [-0.2, -0.15) is 5.10 Å². The number of fused-ring (bicyclic) bond motifs is 1. The van der Waals surface area contributed by atoms with E-state index in [1.54, 1.807) is 21.5 Å². The average molecular weight is 419 g/mol. The van der Waals surface area contributed by atoms with Crippen molar-refractivity contribution < 1.29 is 9.53 Å². The Labute approximate surface area is 180 Å². The van der Waals surface area contributed by atoms with Crippen LogP contribution in [0.25, 0.3) is 10.9 Å². The molecular formula is C22H25N7O2. The van der Waals surface area contributed by atoms with Crippen molar-refractivity contribution in [3.05, 3.63) is 60.3 Å². The van der Waals surface area contributed by atoms with E-state index in [1.165, 1.54) is 6.33 Å². The predicted octanol–water partition coefficient (Wildman–Crippen LogP) is 3.88. The molecule has 0 saturated heterocycles. The van der Waals surface area contributed by atoms with E-state index in [4.69, 9.17) is 4.74 Å². The molecule has 0 fully saturated rings. The Morgan fingerprint density at radius 3 is 2.74 bits per heavy atom. The van der Waals surface area contributed by atoms with E-state index < -0.39 is 0 Å². The van der Waals surface area contributed by atoms with Gasteiger partial charge in [-0.3, -0.25) is 14.6 Å². The second kappa shape index (κ2) is 8.57. The first-order chi connectivity index (χ1) is 14.9. The molecule has 0 aliphatic heterocycles. The van der Waals surface area contributed by atoms with Crippen molar-refractivity contribution in [1.29, 1.82) is 0 Å². The Hall–Kier alpha value is -3.72. The number of hydrogen-bond donors (Lipinski definition) is 2. The zero-order chi connectivity index (χ0) is 22.0. The van der Waals surface area contributed by atoms with Gasteiger partial charge < -0.3 is 10.1 Å². The number of anilines is 1. The molecule has 0 aliphatic carbocycles. The number of nitrogens with one attached hydrogen (secondary N) is 2. The highest BCUT2D eigenvalue weighted by atomic mass is 16.5. The van der Waals surface area contributed by atoms with Crippen molar-refractivity contribution in [2.45, 2.75) is 26.3 Å². The van der Waals surface area contributed by atoms with Crippen molar-refractivity contribution in [3.63, 3.8) is 0 Å². The molecule has 3 heterocycles. The number of amides is 1. The molecule has 0 radical (unpaired) electrons. The summed E-state index contributed by atoms with van der Waals surface area (Å²) in [4.78, 5) is 21.1. The summed E-state index contributed by atoms with van der Waals surface area (Å²) in [6.45, 7) is 4.81. The molecule has 0 aliphatic rings. The topological polar surface area (TPSA) is 98.9 Å². The minimum absolute atomic E-state index is 0.274. The van der Waals surface area contributed by atoms with Gasteiger partial charge in [-0.05, 0) is 37.2 Å². The Bertz CT molecular complexity index is 1230. The van der Waals surface area contributed by atoms with Gasteiger partial charge in [0.05, 0.1) is 11.2 Å². The maximum absolute atomic E-state index is 12.8. The Morgan fingerprint density at radius 2 is 2.00 bits per heavy atom. The lowest BCUT2D eigenvalue weighted by atomic mass is 10.1. The average Bonchev–Trinajstić information content (AvgIpc) is 3.31. The van der Waals surface area contributed by atoms with E-state index in [9.17, 15) is 4.79 Å². The number of benzene rings is 1. The highest BCUT2D eigenvalue weighted by Gasteiger charge is 2.14. The van der Waals surface area contributed by atoms with Crippen LogP contribution < -0.4 is 15.4 Å². The van der Waals surface area contributed by atoms with Gasteiger partial charge in [0.1, 0.15) is 12.1 Å². The molecule has 0 bridgehead atoms. The standard InChI is InChI=1S/C22H25N7O2/c1-14(2)19-11-20(27-28(19)4)26-22(30)29-8-7-15-9-17(5-6-18(15)29)31-21-10-16(12-23-3)24-13-25-21/h5-11,13-14,23H,12H2,1-4H3,(H,26,27,30). The molecule has 0 unspecified atom stereocenters. The zero-order valence-electron chi connectivity index (χ0n) is 18.0. The number of aryl methyl sites for hydroxylation is 1. The van der Waals surface area contributed by atoms with Gasteiger partial charge in [-0.1, -0.05) is 13.8 Å². The monoisotopic (exact) mass is 419 g/mol. The summed E-state index contributed by atoms with van der Waals surface area (Å²) >= 11 is 0. The molecule has 0 atom stereocenters. The predicted molar refractivity (Wildman–Crippen MR) is 119 cm³/mol. The van der Waals surface area contributed by atoms with Crippen LogP contribution in [0.2, 0.25) is 0 Å². The van der Waals surface area contributed by atoms with E-state index in [0.717, 1.165) is 22.3 Å². The summed E-state index contributed by atoms with van der Waals surface area (Å²) in [6, 6.07) is 10.8. The first-order valence-corrected chi connectivity index (χ1v) is 10.0. The van der Waals surface area contributed by atoms with Crippen molar-refractivity contribution in [2.75, 3.05) is 12.4 Å². The van der Waals surface area contributed by atoms with Crippen molar-refractivity contribution >= 4 is 22.8 Å². The van der Waals surface area contributed by atoms with Gasteiger partial charge in [0.2, 0.25) is 5.88 Å². The number of hydrogen-bond acceptors (Lipinski definition) is 6. The van der Waals surface area contributed by atoms with Crippen molar-refractivity contribution in [2.24, 2.45) is 7.05 Å². The van der Waals surface area contributed by atoms with Crippen LogP contribution in [0.1, 0.15) is 31.2 Å². The molecule has 9 nitrogen and oxygen atoms in total. The minimum atomic E-state index is -0.274. The fraction of sp³-hybridized carbons (Fsp3) is 0.273. The van der Waals surface area contributed by atoms with E-state index in [1.807, 2.05) is 44.4 Å². The van der Waals surface area contributed by atoms with Gasteiger partial charge in [0.25, 0.3) is 0 Å². The highest BCUT2D eigenvalue weighted by molar-refractivity contribution is 5.98. The lowest BCUT2D eigenvalue weighted by molar-refractivity contribution is 0.254. The van der Waals surface area contributed by atoms with Crippen LogP contribution >= 0.6 is 0 Å². The SMILES string of the molecule is CNCc1cc(Oc2ccc3c(ccn3C(=O)Nc3cc(C(C)C)n(C)n3)c2)ncn1. The van der Waals surface area contributed by atoms with Crippen LogP contribution in [0.4, 0.5) is 10.6 Å². The summed E-state index contributed by atoms with van der Waals surface area (Å²) in [7, 11) is 3.73. The minimum Gasteiger partial charge on any atom is -0.439 e. The van der Waals surface area contributed by atoms with E-state index in [2.05, 4.69) is 39.5 Å². The lowest BCUT2D eigenvalue weighted by Gasteiger charge is -2.08. The van der Waals surface area contributed by atoms with Crippen LogP contribution in [0.3, 0.4) is 0 Å². The Morgan fingerprint density at radius 1 is 1.16 bits per heavy atom. The molecule has 3 aromatic heterocycles. The first-order valence-electron chi connectivity index (χ1n) is 10.0. The number of carbonyl (C=O) groups excluding carboxylic acids is 1. The fourth-order valence-electron chi connectivity index (χ4n) is 3.45. The van der Waals surface area contributed by atoms with Crippen LogP contribution in [0.5, 0.6) is 11.6 Å². The molecule has 160 valence electrons. The van der Waals surface area contributed by atoms with Gasteiger partial charge >= 0.3 is 6.03 Å². The van der Waals surface area contributed by atoms with Gasteiger partial charge in [0.15, 0.2) is 5.82 Å². The second-order valence-electron chi connectivity index (χ2n) is 7.55. The van der Waals surface area contributed by atoms with Gasteiger partial charge in [-0.15, -0.1) is 0 Å². The molecule has 1 amide bonds. The summed E-state index contributed by atoms with van der Waals surface area (Å²) in [5.74, 6) is 1.94. The third kappa shape index (κ3) is 4.41. The van der Waals surface area contributed by atoms with Crippen molar-refractivity contribution in [3.8, 4) is 11.6 Å². The molecule has 2 N–H and O–H groups in total. The molecular weight excluding hydrogens is 394 g/mol. The normalized spacial score (nSPS) is 11.3. The zero-order valence-corrected chi connectivity index (χ0v) is 18.0. The third-order valence-electron chi connectivity index (χ3n) is 4.90. The maximum atomic E-state index is 12.8. The number of nitrogens with zero attached hydrogens (tertiary/aromatic N) is 5. The molecule has 31 heavy (non-hydrogen) atoms. The number of rotatable bonds is 6. The Balaban J connectivity index is 1.52. The van der Waals surface area contributed by atoms with Crippen LogP contribution in [0, 0.1) is 0 Å². The lowest BCUT2D eigenvalue weighted by Crippen LogP contribution is -2.18. The maximum Gasteiger partial charge on any atom is 0.331 e. The smallest absolute Gasteiger partial charge is 0.331 e. The van der Waals surface area contributed by atoms with E-state index >= 15 is 0 Å². The molecule has 4 rings (SSSR count). The summed E-state index contributed by atoms with van der Waals surface area (Å²) in [6.07, 6.45) is 3.20. The van der Waals surface area contributed by atoms with Crippen LogP contribution in [-0.4, -0.2) is 37.4 Å². The van der Waals surface area contributed by atoms with Crippen molar-refractivity contribution in [1.82, 2.24) is 29.6 Å². The van der Waals surface area contributed by atoms with Crippen LogP contribution in [-0.2, 0) is 13.6 Å². The Kier molecular flexibility index (Phi) is 5.68. The van der Waals surface area contributed by atoms with E-state index in [-0.39, 0.29) is 6.03 Å². The number of aromatic nitrogens is 5. The first kappa shape index (κ1) is 20.5. The summed E-state index contributed by atoms with van der Waals surface area (Å²) < 4.78 is 9.21. The fourth-order valence-corrected chi connectivity index (χ4v) is 3.45. The van der Waals surface area contributed by atoms with Gasteiger partial charge in [0, 0.05) is 43.0 Å². The molecule has 9 heteroatoms. The summed E-state index contributed by atoms with van der Waals surface area (Å²) in [5.41, 5.74) is 2.66. The van der Waals surface area contributed by atoms with Crippen LogP contribution in [0.15, 0.2) is 48.9 Å².